The van der Waals surface area contributed by atoms with Crippen LogP contribution < -0.4 is 5.11 Å². The van der Waals surface area contributed by atoms with E-state index in [0.29, 0.717) is 27.6 Å². The minimum Gasteiger partial charge on any atom is -0.550 e. The van der Waals surface area contributed by atoms with Crippen molar-refractivity contribution in [1.29, 1.82) is 0 Å². The summed E-state index contributed by atoms with van der Waals surface area (Å²) in [6.45, 7) is 22.2. The Bertz CT molecular complexity index is 872. The highest BCUT2D eigenvalue weighted by atomic mass is 16.4. The van der Waals surface area contributed by atoms with E-state index in [4.69, 9.17) is 0 Å². The van der Waals surface area contributed by atoms with E-state index in [0.717, 1.165) is 30.1 Å². The van der Waals surface area contributed by atoms with Crippen molar-refractivity contribution >= 4 is 5.97 Å². The van der Waals surface area contributed by atoms with Gasteiger partial charge in [-0.25, -0.2) is 0 Å². The van der Waals surface area contributed by atoms with Crippen LogP contribution in [0.4, 0.5) is 0 Å². The minimum atomic E-state index is -0.857. The molecule has 0 spiro atoms. The van der Waals surface area contributed by atoms with Crippen molar-refractivity contribution in [3.8, 4) is 0 Å². The molecular weight excluding hydrogens is 416 g/mol. The number of allylic oxidation sites excluding steroid dienone is 1. The monoisotopic (exact) mass is 467 g/mol. The lowest BCUT2D eigenvalue weighted by Crippen LogP contribution is -2.66. The molecule has 0 aromatic rings. The number of rotatable bonds is 3. The average Bonchev–Trinajstić information content (AvgIpc) is 3.08. The number of hydrogen-bond acceptors (Lipinski definition) is 2. The molecule has 5 fully saturated rings. The second-order valence-electron chi connectivity index (χ2n) is 15.5. The van der Waals surface area contributed by atoms with Gasteiger partial charge in [0.05, 0.1) is 0 Å². The molecule has 192 valence electrons. The van der Waals surface area contributed by atoms with Gasteiger partial charge >= 0.3 is 0 Å². The molecular formula is C32H51O2-. The lowest BCUT2D eigenvalue weighted by Gasteiger charge is -2.73. The highest BCUT2D eigenvalue weighted by molar-refractivity contribution is 5.64. The van der Waals surface area contributed by atoms with E-state index >= 15 is 0 Å². The van der Waals surface area contributed by atoms with Crippen LogP contribution in [0.15, 0.2) is 12.2 Å². The fraction of sp³-hybridized carbons (Fsp3) is 0.906. The van der Waals surface area contributed by atoms with E-state index in [-0.39, 0.29) is 17.8 Å². The Morgan fingerprint density at radius 2 is 1.53 bits per heavy atom. The third-order valence-corrected chi connectivity index (χ3v) is 14.1. The summed E-state index contributed by atoms with van der Waals surface area (Å²) >= 11 is 0. The van der Waals surface area contributed by atoms with Crippen LogP contribution in [0.1, 0.15) is 119 Å². The molecule has 5 aliphatic carbocycles. The first-order valence-electron chi connectivity index (χ1n) is 14.6. The zero-order valence-electron chi connectivity index (χ0n) is 23.3. The summed E-state index contributed by atoms with van der Waals surface area (Å²) in [4.78, 5) is 11.5. The number of hydrogen-bond donors (Lipinski definition) is 0. The topological polar surface area (TPSA) is 40.1 Å². The Morgan fingerprint density at radius 3 is 2.18 bits per heavy atom. The van der Waals surface area contributed by atoms with Crippen molar-refractivity contribution in [3.63, 3.8) is 0 Å². The van der Waals surface area contributed by atoms with Gasteiger partial charge in [0, 0.05) is 5.97 Å². The quantitative estimate of drug-likeness (QED) is 0.405. The molecule has 5 saturated carbocycles. The first-order chi connectivity index (χ1) is 15.7. The number of carboxylic acids is 1. The van der Waals surface area contributed by atoms with Crippen LogP contribution in [0.5, 0.6) is 0 Å². The van der Waals surface area contributed by atoms with Gasteiger partial charge in [-0.15, -0.1) is 0 Å². The van der Waals surface area contributed by atoms with Gasteiger partial charge in [-0.05, 0) is 140 Å². The predicted molar refractivity (Wildman–Crippen MR) is 138 cm³/mol. The molecule has 2 nitrogen and oxygen atoms in total. The van der Waals surface area contributed by atoms with Crippen molar-refractivity contribution in [2.24, 2.45) is 62.6 Å². The molecule has 0 aliphatic heterocycles. The van der Waals surface area contributed by atoms with E-state index in [1.54, 1.807) is 0 Å². The van der Waals surface area contributed by atoms with Crippen LogP contribution in [0, 0.1) is 62.6 Å². The molecule has 5 rings (SSSR count). The van der Waals surface area contributed by atoms with E-state index in [2.05, 4.69) is 55.0 Å². The molecule has 0 amide bonds. The van der Waals surface area contributed by atoms with Crippen LogP contribution in [0.3, 0.4) is 0 Å². The summed E-state index contributed by atoms with van der Waals surface area (Å²) in [6.07, 6.45) is 13.4. The standard InChI is InChI=1S/C32H52O2/c1-20(2)22-12-14-29(5)17-18-31(7)23(27(22)29)9-10-25-30(6)15-11-21(19-26(33)34)28(3,4)24(30)13-16-32(25,31)8/h21-25,27H,1,9-19H2,2-8H3,(H,33,34)/p-1/t21-,22+,23-,24+,25-,27-,29-,30+,31-,32-/m1/s1. The predicted octanol–water partition coefficient (Wildman–Crippen LogP) is 7.42. The Hall–Kier alpha value is -0.790. The lowest BCUT2D eigenvalue weighted by atomic mass is 9.32. The number of aliphatic carboxylic acids is 1. The maximum Gasteiger partial charge on any atom is 0.0417 e. The van der Waals surface area contributed by atoms with Crippen molar-refractivity contribution in [3.05, 3.63) is 12.2 Å². The largest absolute Gasteiger partial charge is 0.550 e. The molecule has 0 aromatic heterocycles. The zero-order chi connectivity index (χ0) is 24.9. The number of carboxylic acid groups (broad SMARTS) is 1. The van der Waals surface area contributed by atoms with E-state index < -0.39 is 5.97 Å². The fourth-order valence-electron chi connectivity index (χ4n) is 12.1. The highest BCUT2D eigenvalue weighted by Crippen LogP contribution is 2.77. The van der Waals surface area contributed by atoms with Crippen molar-refractivity contribution in [2.45, 2.75) is 119 Å². The van der Waals surface area contributed by atoms with Crippen molar-refractivity contribution < 1.29 is 9.90 Å². The average molecular weight is 468 g/mol. The van der Waals surface area contributed by atoms with Crippen LogP contribution in [-0.4, -0.2) is 5.97 Å². The van der Waals surface area contributed by atoms with Crippen molar-refractivity contribution in [1.82, 2.24) is 0 Å². The first-order valence-corrected chi connectivity index (χ1v) is 14.6. The summed E-state index contributed by atoms with van der Waals surface area (Å²) in [6, 6.07) is 0. The summed E-state index contributed by atoms with van der Waals surface area (Å²) in [5, 5.41) is 11.5. The Balaban J connectivity index is 1.50. The maximum absolute atomic E-state index is 11.5. The third-order valence-electron chi connectivity index (χ3n) is 14.1. The summed E-state index contributed by atoms with van der Waals surface area (Å²) in [5.41, 5.74) is 3.17. The van der Waals surface area contributed by atoms with Gasteiger partial charge in [-0.3, -0.25) is 0 Å². The molecule has 0 unspecified atom stereocenters. The Labute approximate surface area is 209 Å². The van der Waals surface area contributed by atoms with Gasteiger partial charge in [0.1, 0.15) is 0 Å². The molecule has 0 aromatic carbocycles. The molecule has 34 heavy (non-hydrogen) atoms. The Kier molecular flexibility index (Phi) is 5.57. The van der Waals surface area contributed by atoms with E-state index in [9.17, 15) is 9.90 Å². The van der Waals surface area contributed by atoms with E-state index in [1.807, 2.05) is 0 Å². The molecule has 0 N–H and O–H groups in total. The molecule has 0 bridgehead atoms. The van der Waals surface area contributed by atoms with Gasteiger partial charge < -0.3 is 9.90 Å². The maximum atomic E-state index is 11.5. The normalized spacial score (nSPS) is 53.7. The molecule has 0 saturated heterocycles. The molecule has 10 atom stereocenters. The van der Waals surface area contributed by atoms with Gasteiger partial charge in [0.2, 0.25) is 0 Å². The first kappa shape index (κ1) is 24.9. The highest BCUT2D eigenvalue weighted by Gasteiger charge is 2.70. The SMILES string of the molecule is C=C(C)[C@@H]1CC[C@]2(C)CC[C@]3(C)[C@H](CC[C@@H]4[C@@]5(C)CC[C@H](CC(=O)[O-])C(C)(C)[C@@H]5CC[C@]43C)[C@@H]12. The van der Waals surface area contributed by atoms with Crippen LogP contribution in [0.25, 0.3) is 0 Å². The second-order valence-corrected chi connectivity index (χ2v) is 15.5. The summed E-state index contributed by atoms with van der Waals surface area (Å²) in [5.74, 6) is 3.17. The number of carbonyl (C=O) groups excluding carboxylic acids is 1. The van der Waals surface area contributed by atoms with Crippen LogP contribution in [0.2, 0.25) is 0 Å². The smallest absolute Gasteiger partial charge is 0.0417 e. The molecule has 5 aliphatic rings. The minimum absolute atomic E-state index is 0.0772. The van der Waals surface area contributed by atoms with Crippen LogP contribution >= 0.6 is 0 Å². The zero-order valence-corrected chi connectivity index (χ0v) is 23.3. The number of fused-ring (bicyclic) bond motifs is 7. The third kappa shape index (κ3) is 3.08. The second kappa shape index (κ2) is 7.61. The number of carbonyl (C=O) groups is 1. The summed E-state index contributed by atoms with van der Waals surface area (Å²) < 4.78 is 0. The van der Waals surface area contributed by atoms with Crippen molar-refractivity contribution in [2.75, 3.05) is 0 Å². The molecule has 2 heteroatoms. The van der Waals surface area contributed by atoms with Gasteiger partial charge in [0.15, 0.2) is 0 Å². The molecule has 0 radical (unpaired) electrons. The summed E-state index contributed by atoms with van der Waals surface area (Å²) in [7, 11) is 0. The van der Waals surface area contributed by atoms with E-state index in [1.165, 1.54) is 63.4 Å². The van der Waals surface area contributed by atoms with Gasteiger partial charge in [-0.2, -0.15) is 0 Å². The van der Waals surface area contributed by atoms with Gasteiger partial charge in [0.25, 0.3) is 0 Å². The fourth-order valence-corrected chi connectivity index (χ4v) is 12.1. The lowest BCUT2D eigenvalue weighted by molar-refractivity contribution is -0.309. The van der Waals surface area contributed by atoms with Crippen LogP contribution in [-0.2, 0) is 4.79 Å². The Morgan fingerprint density at radius 1 is 0.824 bits per heavy atom. The van der Waals surface area contributed by atoms with Gasteiger partial charge in [-0.1, -0.05) is 53.7 Å². The molecule has 0 heterocycles.